The lowest BCUT2D eigenvalue weighted by Gasteiger charge is -2.17. The van der Waals surface area contributed by atoms with E-state index in [0.717, 1.165) is 6.07 Å². The first kappa shape index (κ1) is 14.8. The highest BCUT2D eigenvalue weighted by Gasteiger charge is 2.14. The Morgan fingerprint density at radius 2 is 1.81 bits per heavy atom. The molecule has 1 atom stereocenters. The number of amides is 2. The third-order valence-corrected chi connectivity index (χ3v) is 2.96. The molecule has 0 radical (unpaired) electrons. The Morgan fingerprint density at radius 1 is 1.14 bits per heavy atom. The summed E-state index contributed by atoms with van der Waals surface area (Å²) in [7, 11) is 0. The van der Waals surface area contributed by atoms with Crippen molar-refractivity contribution in [1.29, 1.82) is 0 Å². The Labute approximate surface area is 121 Å². The van der Waals surface area contributed by atoms with Crippen LogP contribution in [-0.4, -0.2) is 6.03 Å². The Hall–Kier alpha value is -2.63. The quantitative estimate of drug-likeness (QED) is 0.805. The largest absolute Gasteiger partial charge is 0.378 e. The van der Waals surface area contributed by atoms with Gasteiger partial charge in [0.1, 0.15) is 0 Å². The van der Waals surface area contributed by atoms with Crippen molar-refractivity contribution >= 4 is 17.4 Å². The second-order valence-electron chi connectivity index (χ2n) is 4.58. The van der Waals surface area contributed by atoms with Gasteiger partial charge in [-0.15, -0.1) is 0 Å². The molecular weight excluding hydrogens is 276 g/mol. The van der Waals surface area contributed by atoms with Crippen molar-refractivity contribution in [2.75, 3.05) is 10.6 Å². The molecule has 0 aromatic heterocycles. The van der Waals surface area contributed by atoms with Crippen molar-refractivity contribution in [3.05, 3.63) is 59.7 Å². The average Bonchev–Trinajstić information content (AvgIpc) is 2.41. The number of primary amides is 1. The standard InChI is InChI=1S/C15H15F2N3O/c1-9(12-6-3-7-13(16)14(12)17)19-10-4-2-5-11(8-10)20-15(18)21/h2-9,19H,1H3,(H3,18,20,21). The van der Waals surface area contributed by atoms with Crippen LogP contribution in [0.5, 0.6) is 0 Å². The van der Waals surface area contributed by atoms with E-state index in [1.54, 1.807) is 31.2 Å². The molecule has 1 unspecified atom stereocenters. The highest BCUT2D eigenvalue weighted by molar-refractivity contribution is 5.88. The lowest BCUT2D eigenvalue weighted by Crippen LogP contribution is -2.19. The smallest absolute Gasteiger partial charge is 0.316 e. The van der Waals surface area contributed by atoms with Crippen LogP contribution in [0.2, 0.25) is 0 Å². The fraction of sp³-hybridized carbons (Fsp3) is 0.133. The van der Waals surface area contributed by atoms with E-state index in [9.17, 15) is 13.6 Å². The van der Waals surface area contributed by atoms with Crippen LogP contribution < -0.4 is 16.4 Å². The number of anilines is 2. The molecule has 2 aromatic rings. The lowest BCUT2D eigenvalue weighted by atomic mass is 10.1. The zero-order valence-electron chi connectivity index (χ0n) is 11.4. The molecule has 2 amide bonds. The molecule has 2 aromatic carbocycles. The van der Waals surface area contributed by atoms with Crippen molar-refractivity contribution in [1.82, 2.24) is 0 Å². The number of hydrogen-bond donors (Lipinski definition) is 3. The first-order valence-corrected chi connectivity index (χ1v) is 6.34. The molecule has 0 fully saturated rings. The summed E-state index contributed by atoms with van der Waals surface area (Å²) >= 11 is 0. The van der Waals surface area contributed by atoms with E-state index in [1.807, 2.05) is 0 Å². The fourth-order valence-electron chi connectivity index (χ4n) is 2.01. The molecule has 0 aliphatic rings. The van der Waals surface area contributed by atoms with Gasteiger partial charge in [-0.1, -0.05) is 18.2 Å². The molecule has 2 rings (SSSR count). The van der Waals surface area contributed by atoms with E-state index in [0.29, 0.717) is 11.4 Å². The van der Waals surface area contributed by atoms with Crippen molar-refractivity contribution in [3.8, 4) is 0 Å². The summed E-state index contributed by atoms with van der Waals surface area (Å²) in [6, 6.07) is 9.71. The van der Waals surface area contributed by atoms with E-state index in [1.165, 1.54) is 12.1 Å². The molecule has 0 bridgehead atoms. The third kappa shape index (κ3) is 3.68. The lowest BCUT2D eigenvalue weighted by molar-refractivity contribution is 0.259. The fourth-order valence-corrected chi connectivity index (χ4v) is 2.01. The Balaban J connectivity index is 2.17. The van der Waals surface area contributed by atoms with Gasteiger partial charge >= 0.3 is 6.03 Å². The van der Waals surface area contributed by atoms with E-state index in [2.05, 4.69) is 10.6 Å². The maximum absolute atomic E-state index is 13.7. The molecule has 0 heterocycles. The highest BCUT2D eigenvalue weighted by Crippen LogP contribution is 2.24. The van der Waals surface area contributed by atoms with Crippen LogP contribution in [0.25, 0.3) is 0 Å². The monoisotopic (exact) mass is 291 g/mol. The van der Waals surface area contributed by atoms with Crippen molar-refractivity contribution in [2.24, 2.45) is 5.73 Å². The van der Waals surface area contributed by atoms with Gasteiger partial charge in [0.05, 0.1) is 6.04 Å². The van der Waals surface area contributed by atoms with Crippen LogP contribution in [-0.2, 0) is 0 Å². The van der Waals surface area contributed by atoms with Gasteiger partial charge in [0, 0.05) is 16.9 Å². The van der Waals surface area contributed by atoms with Crippen LogP contribution in [0, 0.1) is 11.6 Å². The minimum Gasteiger partial charge on any atom is -0.378 e. The average molecular weight is 291 g/mol. The first-order valence-electron chi connectivity index (χ1n) is 6.34. The summed E-state index contributed by atoms with van der Waals surface area (Å²) in [5.74, 6) is -1.76. The van der Waals surface area contributed by atoms with Crippen LogP contribution in [0.3, 0.4) is 0 Å². The molecule has 21 heavy (non-hydrogen) atoms. The summed E-state index contributed by atoms with van der Waals surface area (Å²) in [5.41, 5.74) is 6.43. The van der Waals surface area contributed by atoms with Gasteiger partial charge in [-0.2, -0.15) is 0 Å². The Bertz CT molecular complexity index is 661. The van der Waals surface area contributed by atoms with Crippen molar-refractivity contribution in [3.63, 3.8) is 0 Å². The number of halogens is 2. The number of carbonyl (C=O) groups excluding carboxylic acids is 1. The number of urea groups is 1. The second-order valence-corrected chi connectivity index (χ2v) is 4.58. The van der Waals surface area contributed by atoms with Crippen LogP contribution in [0.1, 0.15) is 18.5 Å². The zero-order valence-corrected chi connectivity index (χ0v) is 11.4. The molecule has 0 saturated heterocycles. The van der Waals surface area contributed by atoms with Gasteiger partial charge in [0.25, 0.3) is 0 Å². The first-order chi connectivity index (χ1) is 9.97. The summed E-state index contributed by atoms with van der Waals surface area (Å²) < 4.78 is 26.9. The summed E-state index contributed by atoms with van der Waals surface area (Å²) in [5, 5.41) is 5.48. The van der Waals surface area contributed by atoms with Gasteiger partial charge in [-0.25, -0.2) is 13.6 Å². The third-order valence-electron chi connectivity index (χ3n) is 2.96. The highest BCUT2D eigenvalue weighted by atomic mass is 19.2. The SMILES string of the molecule is CC(Nc1cccc(NC(N)=O)c1)c1cccc(F)c1F. The van der Waals surface area contributed by atoms with Gasteiger partial charge in [-0.05, 0) is 31.2 Å². The Kier molecular flexibility index (Phi) is 4.37. The molecule has 4 N–H and O–H groups in total. The van der Waals surface area contributed by atoms with Gasteiger partial charge in [0.15, 0.2) is 11.6 Å². The summed E-state index contributed by atoms with van der Waals surface area (Å²) in [4.78, 5) is 10.8. The maximum atomic E-state index is 13.7. The van der Waals surface area contributed by atoms with E-state index < -0.39 is 23.7 Å². The minimum atomic E-state index is -0.884. The number of rotatable bonds is 4. The van der Waals surface area contributed by atoms with Gasteiger partial charge in [0.2, 0.25) is 0 Å². The van der Waals surface area contributed by atoms with Gasteiger partial charge in [-0.3, -0.25) is 0 Å². The number of nitrogens with one attached hydrogen (secondary N) is 2. The molecule has 0 saturated carbocycles. The predicted molar refractivity (Wildman–Crippen MR) is 78.0 cm³/mol. The van der Waals surface area contributed by atoms with Crippen LogP contribution in [0.4, 0.5) is 25.0 Å². The van der Waals surface area contributed by atoms with Crippen molar-refractivity contribution in [2.45, 2.75) is 13.0 Å². The summed E-state index contributed by atoms with van der Waals surface area (Å²) in [6.45, 7) is 1.71. The molecule has 0 aliphatic carbocycles. The molecule has 4 nitrogen and oxygen atoms in total. The summed E-state index contributed by atoms with van der Waals surface area (Å²) in [6.07, 6.45) is 0. The molecule has 0 spiro atoms. The molecule has 0 aliphatic heterocycles. The molecule has 6 heteroatoms. The number of carbonyl (C=O) groups is 1. The zero-order chi connectivity index (χ0) is 15.4. The maximum Gasteiger partial charge on any atom is 0.316 e. The van der Waals surface area contributed by atoms with Gasteiger partial charge < -0.3 is 16.4 Å². The number of benzene rings is 2. The Morgan fingerprint density at radius 3 is 2.52 bits per heavy atom. The number of hydrogen-bond acceptors (Lipinski definition) is 2. The van der Waals surface area contributed by atoms with E-state index in [4.69, 9.17) is 5.73 Å². The molecule has 110 valence electrons. The topological polar surface area (TPSA) is 67.2 Å². The predicted octanol–water partition coefficient (Wildman–Crippen LogP) is 3.63. The van der Waals surface area contributed by atoms with Crippen molar-refractivity contribution < 1.29 is 13.6 Å². The minimum absolute atomic E-state index is 0.225. The van der Waals surface area contributed by atoms with E-state index >= 15 is 0 Å². The normalized spacial score (nSPS) is 11.8. The van der Waals surface area contributed by atoms with Crippen LogP contribution in [0.15, 0.2) is 42.5 Å². The number of nitrogens with two attached hydrogens (primary N) is 1. The van der Waals surface area contributed by atoms with Crippen LogP contribution >= 0.6 is 0 Å². The molecular formula is C15H15F2N3O. The second kappa shape index (κ2) is 6.21. The van der Waals surface area contributed by atoms with E-state index in [-0.39, 0.29) is 5.56 Å².